The van der Waals surface area contributed by atoms with Crippen molar-refractivity contribution < 1.29 is 19.5 Å². The van der Waals surface area contributed by atoms with E-state index in [0.29, 0.717) is 11.4 Å². The van der Waals surface area contributed by atoms with Crippen LogP contribution in [0, 0.1) is 27.7 Å². The molecule has 3 radical (unpaired) electrons. The Labute approximate surface area is 183 Å². The fourth-order valence-corrected chi connectivity index (χ4v) is 3.99. The van der Waals surface area contributed by atoms with Gasteiger partial charge in [-0.15, -0.1) is 0 Å². The van der Waals surface area contributed by atoms with E-state index in [1.165, 1.54) is 4.90 Å². The molecule has 2 aromatic carbocycles. The number of carbonyl (C=O) groups is 3. The van der Waals surface area contributed by atoms with Crippen LogP contribution < -0.4 is 19.1 Å². The van der Waals surface area contributed by atoms with Crippen molar-refractivity contribution in [1.82, 2.24) is 5.32 Å². The number of hydrogen-bond acceptors (Lipinski definition) is 3. The van der Waals surface area contributed by atoms with Gasteiger partial charge in [0.15, 0.2) is 0 Å². The Bertz CT molecular complexity index is 959. The van der Waals surface area contributed by atoms with Gasteiger partial charge in [0.1, 0.15) is 0 Å². The van der Waals surface area contributed by atoms with E-state index in [1.54, 1.807) is 6.07 Å². The van der Waals surface area contributed by atoms with Gasteiger partial charge in [0.2, 0.25) is 0 Å². The predicted octanol–water partition coefficient (Wildman–Crippen LogP) is 1.95. The first-order chi connectivity index (χ1) is 13.6. The Morgan fingerprint density at radius 3 is 2.38 bits per heavy atom. The fourth-order valence-electron chi connectivity index (χ4n) is 2.87. The number of carboxylic acid groups (broad SMARTS) is 1. The average Bonchev–Trinajstić information content (AvgIpc) is 2.65. The predicted molar refractivity (Wildman–Crippen MR) is 114 cm³/mol. The van der Waals surface area contributed by atoms with Crippen molar-refractivity contribution in [1.29, 1.82) is 0 Å². The Morgan fingerprint density at radius 1 is 1.07 bits per heavy atom. The van der Waals surface area contributed by atoms with Crippen molar-refractivity contribution in [2.24, 2.45) is 0 Å². The first kappa shape index (κ1) is 22.7. The SMILES string of the molecule is Cc1cccc(NC(=O)NCC(=O)N(CC(=O)O)c2cc(C)c(C)c(C)[c]2[Sn])c1. The Balaban J connectivity index is 2.16. The summed E-state index contributed by atoms with van der Waals surface area (Å²) >= 11 is 1.09. The maximum absolute atomic E-state index is 12.8. The van der Waals surface area contributed by atoms with Crippen LogP contribution in [0.2, 0.25) is 0 Å². The van der Waals surface area contributed by atoms with Gasteiger partial charge < -0.3 is 0 Å². The molecule has 2 aromatic rings. The molecule has 0 bridgehead atoms. The molecule has 0 spiro atoms. The topological polar surface area (TPSA) is 98.7 Å². The number of aliphatic carboxylic acids is 1. The van der Waals surface area contributed by atoms with E-state index in [1.807, 2.05) is 52.0 Å². The molecule has 0 fully saturated rings. The number of anilines is 2. The molecule has 0 aliphatic heterocycles. The monoisotopic (exact) mass is 502 g/mol. The molecule has 2 rings (SSSR count). The molecule has 0 heterocycles. The number of carbonyl (C=O) groups excluding carboxylic acids is 2. The van der Waals surface area contributed by atoms with E-state index in [9.17, 15) is 19.5 Å². The summed E-state index contributed by atoms with van der Waals surface area (Å²) in [6, 6.07) is 8.58. The third kappa shape index (κ3) is 5.96. The first-order valence-electron chi connectivity index (χ1n) is 9.06. The minimum absolute atomic E-state index is 0.313. The zero-order valence-electron chi connectivity index (χ0n) is 16.9. The summed E-state index contributed by atoms with van der Waals surface area (Å²) in [6.07, 6.45) is 0. The maximum atomic E-state index is 12.8. The molecule has 3 N–H and O–H groups in total. The van der Waals surface area contributed by atoms with Crippen LogP contribution in [0.5, 0.6) is 0 Å². The molecule has 0 saturated heterocycles. The van der Waals surface area contributed by atoms with Gasteiger partial charge in [-0.05, 0) is 0 Å². The van der Waals surface area contributed by atoms with E-state index in [2.05, 4.69) is 10.6 Å². The van der Waals surface area contributed by atoms with Crippen molar-refractivity contribution in [2.75, 3.05) is 23.3 Å². The summed E-state index contributed by atoms with van der Waals surface area (Å²) in [6.45, 7) is 7.02. The second-order valence-electron chi connectivity index (χ2n) is 6.89. The molecule has 0 aromatic heterocycles. The first-order valence-corrected chi connectivity index (χ1v) is 10.5. The third-order valence-corrected chi connectivity index (χ3v) is 6.50. The molecule has 0 saturated carbocycles. The molecule has 0 atom stereocenters. The average molecular weight is 501 g/mol. The van der Waals surface area contributed by atoms with Crippen LogP contribution in [0.25, 0.3) is 0 Å². The molecular weight excluding hydrogens is 477 g/mol. The van der Waals surface area contributed by atoms with E-state index in [4.69, 9.17) is 0 Å². The number of hydrogen-bond donors (Lipinski definition) is 3. The molecular formula is C21H24N3O4Sn. The van der Waals surface area contributed by atoms with Crippen molar-refractivity contribution in [3.8, 4) is 0 Å². The number of aryl methyl sites for hydroxylation is 2. The number of benzene rings is 2. The summed E-state index contributed by atoms with van der Waals surface area (Å²) in [5, 5.41) is 14.5. The summed E-state index contributed by atoms with van der Waals surface area (Å²) in [5.41, 5.74) is 5.34. The number of nitrogens with zero attached hydrogens (tertiary/aromatic N) is 1. The van der Waals surface area contributed by atoms with E-state index < -0.39 is 24.5 Å². The molecule has 0 aliphatic rings. The summed E-state index contributed by atoms with van der Waals surface area (Å²) < 4.78 is 0.930. The van der Waals surface area contributed by atoms with Crippen LogP contribution in [-0.2, 0) is 9.59 Å². The number of rotatable bonds is 6. The van der Waals surface area contributed by atoms with Gasteiger partial charge in [-0.25, -0.2) is 0 Å². The number of amides is 3. The van der Waals surface area contributed by atoms with Crippen molar-refractivity contribution >= 4 is 55.4 Å². The molecule has 3 amide bonds. The van der Waals surface area contributed by atoms with Crippen LogP contribution in [0.3, 0.4) is 0 Å². The van der Waals surface area contributed by atoms with Crippen LogP contribution >= 0.6 is 0 Å². The Hall–Kier alpha value is -2.55. The van der Waals surface area contributed by atoms with Crippen LogP contribution in [0.15, 0.2) is 30.3 Å². The number of urea groups is 1. The number of nitrogens with one attached hydrogen (secondary N) is 2. The van der Waals surface area contributed by atoms with Gasteiger partial charge in [-0.1, -0.05) is 0 Å². The van der Waals surface area contributed by atoms with E-state index in [-0.39, 0.29) is 6.54 Å². The van der Waals surface area contributed by atoms with Gasteiger partial charge in [0.05, 0.1) is 0 Å². The van der Waals surface area contributed by atoms with Crippen LogP contribution in [0.1, 0.15) is 22.3 Å². The van der Waals surface area contributed by atoms with Gasteiger partial charge >= 0.3 is 184 Å². The molecule has 0 aliphatic carbocycles. The summed E-state index contributed by atoms with van der Waals surface area (Å²) in [5.74, 6) is -1.60. The second-order valence-corrected chi connectivity index (χ2v) is 8.32. The molecule has 151 valence electrons. The van der Waals surface area contributed by atoms with Crippen molar-refractivity contribution in [3.63, 3.8) is 0 Å². The Morgan fingerprint density at radius 2 is 1.76 bits per heavy atom. The Kier molecular flexibility index (Phi) is 7.66. The molecule has 7 nitrogen and oxygen atoms in total. The quantitative estimate of drug-likeness (QED) is 0.528. The standard InChI is InChI=1S/C21H24N3O4.Sn/c1-13-6-5-7-17(8-13)23-21(28)22-11-19(25)24(12-20(26)27)18-9-14(2)16(4)15(3)10-18;/h5-9H,11-12H2,1-4H3,(H,26,27)(H2,22,23,28);. The van der Waals surface area contributed by atoms with Gasteiger partial charge in [0, 0.05) is 0 Å². The molecule has 0 unspecified atom stereocenters. The van der Waals surface area contributed by atoms with Crippen molar-refractivity contribution in [3.05, 3.63) is 52.6 Å². The van der Waals surface area contributed by atoms with Crippen LogP contribution in [0.4, 0.5) is 16.2 Å². The second kappa shape index (κ2) is 9.77. The van der Waals surface area contributed by atoms with Gasteiger partial charge in [0.25, 0.3) is 0 Å². The van der Waals surface area contributed by atoms with E-state index in [0.717, 1.165) is 48.4 Å². The molecule has 8 heteroatoms. The van der Waals surface area contributed by atoms with Crippen molar-refractivity contribution in [2.45, 2.75) is 27.7 Å². The summed E-state index contributed by atoms with van der Waals surface area (Å²) in [4.78, 5) is 37.5. The van der Waals surface area contributed by atoms with Crippen LogP contribution in [-0.4, -0.2) is 58.6 Å². The van der Waals surface area contributed by atoms with E-state index >= 15 is 0 Å². The van der Waals surface area contributed by atoms with Gasteiger partial charge in [-0.2, -0.15) is 0 Å². The minimum atomic E-state index is -1.12. The number of carboxylic acids is 1. The van der Waals surface area contributed by atoms with Gasteiger partial charge in [-0.3, -0.25) is 0 Å². The zero-order chi connectivity index (χ0) is 21.7. The normalized spacial score (nSPS) is 10.4. The zero-order valence-corrected chi connectivity index (χ0v) is 19.8. The fraction of sp³-hybridized carbons (Fsp3) is 0.286. The third-order valence-electron chi connectivity index (χ3n) is 4.70. The molecule has 29 heavy (non-hydrogen) atoms. The summed E-state index contributed by atoms with van der Waals surface area (Å²) in [7, 11) is 0.